The molecule has 2 rings (SSSR count). The summed E-state index contributed by atoms with van der Waals surface area (Å²) in [6.07, 6.45) is -4.55. The summed E-state index contributed by atoms with van der Waals surface area (Å²) < 4.78 is 39.3. The van der Waals surface area contributed by atoms with Crippen LogP contribution in [0.5, 0.6) is 0 Å². The van der Waals surface area contributed by atoms with Gasteiger partial charge in [-0.1, -0.05) is 6.07 Å². The zero-order chi connectivity index (χ0) is 15.6. The zero-order valence-electron chi connectivity index (χ0n) is 11.7. The van der Waals surface area contributed by atoms with E-state index in [9.17, 15) is 18.0 Å². The van der Waals surface area contributed by atoms with Gasteiger partial charge in [0.1, 0.15) is 0 Å². The predicted molar refractivity (Wildman–Crippen MR) is 71.2 cm³/mol. The SMILES string of the molecule is CN1CCN(Cc2c(C(=O)O)cccc2C(F)(F)F)CC1. The lowest BCUT2D eigenvalue weighted by molar-refractivity contribution is -0.138. The molecule has 0 aliphatic carbocycles. The molecule has 0 atom stereocenters. The van der Waals surface area contributed by atoms with Crippen LogP contribution in [0.15, 0.2) is 18.2 Å². The average Bonchev–Trinajstić information content (AvgIpc) is 2.40. The maximum absolute atomic E-state index is 13.1. The largest absolute Gasteiger partial charge is 0.478 e. The van der Waals surface area contributed by atoms with Crippen molar-refractivity contribution < 1.29 is 23.1 Å². The van der Waals surface area contributed by atoms with E-state index in [2.05, 4.69) is 4.90 Å². The number of halogens is 3. The van der Waals surface area contributed by atoms with Crippen LogP contribution in [0.25, 0.3) is 0 Å². The maximum atomic E-state index is 13.1. The second-order valence-electron chi connectivity index (χ2n) is 5.21. The summed E-state index contributed by atoms with van der Waals surface area (Å²) in [5.74, 6) is -1.33. The van der Waals surface area contributed by atoms with Crippen LogP contribution in [0.2, 0.25) is 0 Å². The van der Waals surface area contributed by atoms with E-state index in [-0.39, 0.29) is 17.7 Å². The lowest BCUT2D eigenvalue weighted by atomic mass is 9.99. The van der Waals surface area contributed by atoms with Gasteiger partial charge in [0.2, 0.25) is 0 Å². The van der Waals surface area contributed by atoms with E-state index in [0.717, 1.165) is 25.2 Å². The first kappa shape index (κ1) is 15.8. The molecule has 0 spiro atoms. The Kier molecular flexibility index (Phi) is 4.53. The van der Waals surface area contributed by atoms with Gasteiger partial charge in [0.25, 0.3) is 0 Å². The van der Waals surface area contributed by atoms with E-state index < -0.39 is 17.7 Å². The van der Waals surface area contributed by atoms with E-state index in [1.54, 1.807) is 0 Å². The summed E-state index contributed by atoms with van der Waals surface area (Å²) in [5, 5.41) is 9.13. The van der Waals surface area contributed by atoms with Gasteiger partial charge in [0.15, 0.2) is 0 Å². The van der Waals surface area contributed by atoms with Crippen LogP contribution in [-0.4, -0.2) is 54.1 Å². The fourth-order valence-electron chi connectivity index (χ4n) is 2.45. The van der Waals surface area contributed by atoms with E-state index in [1.807, 2.05) is 11.9 Å². The maximum Gasteiger partial charge on any atom is 0.416 e. The molecule has 0 saturated carbocycles. The number of aromatic carboxylic acids is 1. The lowest BCUT2D eigenvalue weighted by Gasteiger charge is -2.33. The van der Waals surface area contributed by atoms with Gasteiger partial charge in [-0.05, 0) is 24.7 Å². The number of likely N-dealkylation sites (N-methyl/N-ethyl adjacent to an activating group) is 1. The zero-order valence-corrected chi connectivity index (χ0v) is 11.7. The van der Waals surface area contributed by atoms with Gasteiger partial charge in [0, 0.05) is 32.7 Å². The summed E-state index contributed by atoms with van der Waals surface area (Å²) in [5.41, 5.74) is -1.29. The topological polar surface area (TPSA) is 43.8 Å². The number of alkyl halides is 3. The van der Waals surface area contributed by atoms with Crippen molar-refractivity contribution in [2.24, 2.45) is 0 Å². The molecule has 1 aromatic carbocycles. The van der Waals surface area contributed by atoms with Gasteiger partial charge in [-0.2, -0.15) is 13.2 Å². The first-order chi connectivity index (χ1) is 9.79. The van der Waals surface area contributed by atoms with Crippen molar-refractivity contribution in [3.05, 3.63) is 34.9 Å². The molecular weight excluding hydrogens is 285 g/mol. The molecule has 7 heteroatoms. The minimum absolute atomic E-state index is 0.00512. The van der Waals surface area contributed by atoms with Gasteiger partial charge < -0.3 is 10.0 Å². The Morgan fingerprint density at radius 1 is 1.24 bits per heavy atom. The van der Waals surface area contributed by atoms with Crippen LogP contribution >= 0.6 is 0 Å². The summed E-state index contributed by atoms with van der Waals surface area (Å²) in [4.78, 5) is 15.1. The number of carboxylic acid groups (broad SMARTS) is 1. The highest BCUT2D eigenvalue weighted by Gasteiger charge is 2.35. The third-order valence-electron chi connectivity index (χ3n) is 3.69. The first-order valence-corrected chi connectivity index (χ1v) is 6.62. The number of hydrogen-bond donors (Lipinski definition) is 1. The normalized spacial score (nSPS) is 17.9. The monoisotopic (exact) mass is 302 g/mol. The molecule has 116 valence electrons. The molecule has 1 aliphatic rings. The summed E-state index contributed by atoms with van der Waals surface area (Å²) in [7, 11) is 1.95. The Balaban J connectivity index is 2.33. The molecular formula is C14H17F3N2O2. The Hall–Kier alpha value is -1.60. The fourth-order valence-corrected chi connectivity index (χ4v) is 2.45. The quantitative estimate of drug-likeness (QED) is 0.929. The van der Waals surface area contributed by atoms with E-state index in [4.69, 9.17) is 5.11 Å². The van der Waals surface area contributed by atoms with Crippen molar-refractivity contribution in [2.75, 3.05) is 33.2 Å². The molecule has 21 heavy (non-hydrogen) atoms. The van der Waals surface area contributed by atoms with Crippen LogP contribution in [0.4, 0.5) is 13.2 Å². The fraction of sp³-hybridized carbons (Fsp3) is 0.500. The van der Waals surface area contributed by atoms with Crippen molar-refractivity contribution in [1.29, 1.82) is 0 Å². The summed E-state index contributed by atoms with van der Waals surface area (Å²) in [6.45, 7) is 2.78. The van der Waals surface area contributed by atoms with Gasteiger partial charge in [-0.25, -0.2) is 4.79 Å². The number of hydrogen-bond acceptors (Lipinski definition) is 3. The smallest absolute Gasteiger partial charge is 0.416 e. The Morgan fingerprint density at radius 2 is 1.86 bits per heavy atom. The number of piperazine rings is 1. The average molecular weight is 302 g/mol. The minimum atomic E-state index is -4.55. The van der Waals surface area contributed by atoms with Crippen LogP contribution in [-0.2, 0) is 12.7 Å². The van der Waals surface area contributed by atoms with E-state index >= 15 is 0 Å². The standard InChI is InChI=1S/C14H17F3N2O2/c1-18-5-7-19(8-6-18)9-11-10(13(20)21)3-2-4-12(11)14(15,16)17/h2-4H,5-9H2,1H3,(H,20,21). The molecule has 0 amide bonds. The number of carbonyl (C=O) groups is 1. The predicted octanol–water partition coefficient (Wildman–Crippen LogP) is 2.15. The molecule has 4 nitrogen and oxygen atoms in total. The second-order valence-corrected chi connectivity index (χ2v) is 5.21. The van der Waals surface area contributed by atoms with E-state index in [1.165, 1.54) is 6.07 Å². The summed E-state index contributed by atoms with van der Waals surface area (Å²) in [6, 6.07) is 3.31. The highest BCUT2D eigenvalue weighted by Crippen LogP contribution is 2.34. The van der Waals surface area contributed by atoms with Crippen LogP contribution < -0.4 is 0 Å². The number of carboxylic acids is 1. The minimum Gasteiger partial charge on any atom is -0.478 e. The molecule has 0 aromatic heterocycles. The molecule has 1 aliphatic heterocycles. The molecule has 0 unspecified atom stereocenters. The molecule has 1 heterocycles. The molecule has 1 N–H and O–H groups in total. The highest BCUT2D eigenvalue weighted by atomic mass is 19.4. The van der Waals surface area contributed by atoms with Crippen molar-refractivity contribution in [1.82, 2.24) is 9.80 Å². The Morgan fingerprint density at radius 3 is 2.38 bits per heavy atom. The van der Waals surface area contributed by atoms with Crippen molar-refractivity contribution >= 4 is 5.97 Å². The molecule has 1 fully saturated rings. The summed E-state index contributed by atoms with van der Waals surface area (Å²) >= 11 is 0. The third-order valence-corrected chi connectivity index (χ3v) is 3.69. The second kappa shape index (κ2) is 6.03. The first-order valence-electron chi connectivity index (χ1n) is 6.62. The van der Waals surface area contributed by atoms with Gasteiger partial charge in [0.05, 0.1) is 11.1 Å². The van der Waals surface area contributed by atoms with Gasteiger partial charge >= 0.3 is 12.1 Å². The molecule has 0 bridgehead atoms. The Bertz CT molecular complexity index is 523. The van der Waals surface area contributed by atoms with Gasteiger partial charge in [-0.15, -0.1) is 0 Å². The number of benzene rings is 1. The molecule has 1 aromatic rings. The number of rotatable bonds is 3. The van der Waals surface area contributed by atoms with Crippen molar-refractivity contribution in [3.8, 4) is 0 Å². The lowest BCUT2D eigenvalue weighted by Crippen LogP contribution is -2.44. The van der Waals surface area contributed by atoms with Crippen LogP contribution in [0.3, 0.4) is 0 Å². The van der Waals surface area contributed by atoms with Crippen molar-refractivity contribution in [3.63, 3.8) is 0 Å². The van der Waals surface area contributed by atoms with Crippen molar-refractivity contribution in [2.45, 2.75) is 12.7 Å². The molecule has 0 radical (unpaired) electrons. The van der Waals surface area contributed by atoms with Crippen LogP contribution in [0, 0.1) is 0 Å². The number of nitrogens with zero attached hydrogens (tertiary/aromatic N) is 2. The van der Waals surface area contributed by atoms with E-state index in [0.29, 0.717) is 13.1 Å². The van der Waals surface area contributed by atoms with Crippen LogP contribution in [0.1, 0.15) is 21.5 Å². The Labute approximate surface area is 120 Å². The molecule has 1 saturated heterocycles. The highest BCUT2D eigenvalue weighted by molar-refractivity contribution is 5.89. The third kappa shape index (κ3) is 3.74. The van der Waals surface area contributed by atoms with Gasteiger partial charge in [-0.3, -0.25) is 4.90 Å².